The predicted molar refractivity (Wildman–Crippen MR) is 146 cm³/mol. The van der Waals surface area contributed by atoms with Gasteiger partial charge in [-0.1, -0.05) is 29.8 Å². The molecule has 0 fully saturated rings. The largest absolute Gasteiger partial charge is 0.467 e. The van der Waals surface area contributed by atoms with Crippen molar-refractivity contribution in [2.75, 3.05) is 6.26 Å². The summed E-state index contributed by atoms with van der Waals surface area (Å²) in [6.07, 6.45) is 3.66. The number of hydrogen-bond donors (Lipinski definition) is 0. The summed E-state index contributed by atoms with van der Waals surface area (Å²) in [4.78, 5) is 25.9. The van der Waals surface area contributed by atoms with Crippen molar-refractivity contribution in [3.05, 3.63) is 94.9 Å². The van der Waals surface area contributed by atoms with Gasteiger partial charge in [-0.25, -0.2) is 14.6 Å². The van der Waals surface area contributed by atoms with Crippen molar-refractivity contribution in [3.63, 3.8) is 0 Å². The summed E-state index contributed by atoms with van der Waals surface area (Å²) >= 11 is 7.85. The first kappa shape index (κ1) is 25.0. The zero-order valence-corrected chi connectivity index (χ0v) is 22.4. The SMILES string of the molecule is CSc1ccc2cc(CN(Cc3ccco3)C(=O)Cn3nc(C)nc3C)c(-c3ccc(Cl)cc3)nc2c1. The van der Waals surface area contributed by atoms with Crippen LogP contribution < -0.4 is 0 Å². The number of carbonyl (C=O) groups excluding carboxylic acids is 1. The maximum atomic E-state index is 13.6. The highest BCUT2D eigenvalue weighted by Crippen LogP contribution is 2.30. The molecule has 0 aliphatic heterocycles. The first-order valence-corrected chi connectivity index (χ1v) is 13.4. The van der Waals surface area contributed by atoms with Crippen molar-refractivity contribution in [1.82, 2.24) is 24.6 Å². The van der Waals surface area contributed by atoms with E-state index in [1.807, 2.05) is 56.5 Å². The zero-order chi connectivity index (χ0) is 25.9. The summed E-state index contributed by atoms with van der Waals surface area (Å²) in [5, 5.41) is 6.04. The molecule has 1 amide bonds. The number of hydrogen-bond acceptors (Lipinski definition) is 6. The predicted octanol–water partition coefficient (Wildman–Crippen LogP) is 6.31. The van der Waals surface area contributed by atoms with Crippen molar-refractivity contribution >= 4 is 40.2 Å². The van der Waals surface area contributed by atoms with Crippen LogP contribution in [0.4, 0.5) is 0 Å². The molecule has 5 rings (SSSR count). The summed E-state index contributed by atoms with van der Waals surface area (Å²) in [7, 11) is 0. The van der Waals surface area contributed by atoms with Gasteiger partial charge in [-0.3, -0.25) is 4.79 Å². The Labute approximate surface area is 224 Å². The number of amides is 1. The molecule has 0 spiro atoms. The van der Waals surface area contributed by atoms with Crippen LogP contribution in [0.25, 0.3) is 22.2 Å². The maximum absolute atomic E-state index is 13.6. The number of carbonyl (C=O) groups is 1. The fourth-order valence-electron chi connectivity index (χ4n) is 4.26. The molecule has 0 saturated carbocycles. The average Bonchev–Trinajstić information content (AvgIpc) is 3.52. The second-order valence-electron chi connectivity index (χ2n) is 8.75. The smallest absolute Gasteiger partial charge is 0.245 e. The van der Waals surface area contributed by atoms with E-state index in [4.69, 9.17) is 21.0 Å². The van der Waals surface area contributed by atoms with Gasteiger partial charge in [0.1, 0.15) is 24.0 Å². The first-order valence-electron chi connectivity index (χ1n) is 11.8. The minimum Gasteiger partial charge on any atom is -0.467 e. The van der Waals surface area contributed by atoms with Crippen molar-refractivity contribution < 1.29 is 9.21 Å². The van der Waals surface area contributed by atoms with Gasteiger partial charge in [0, 0.05) is 27.4 Å². The number of aromatic nitrogens is 4. The topological polar surface area (TPSA) is 77.0 Å². The summed E-state index contributed by atoms with van der Waals surface area (Å²) < 4.78 is 7.23. The summed E-state index contributed by atoms with van der Waals surface area (Å²) in [6.45, 7) is 4.41. The fraction of sp³-hybridized carbons (Fsp3) is 0.214. The number of pyridine rings is 1. The average molecular weight is 532 g/mol. The van der Waals surface area contributed by atoms with E-state index in [9.17, 15) is 4.79 Å². The number of halogens is 1. The molecule has 0 atom stereocenters. The zero-order valence-electron chi connectivity index (χ0n) is 20.8. The minimum atomic E-state index is -0.0933. The second kappa shape index (κ2) is 10.8. The van der Waals surface area contributed by atoms with E-state index >= 15 is 0 Å². The molecule has 0 bridgehead atoms. The number of rotatable bonds is 8. The quantitative estimate of drug-likeness (QED) is 0.218. The van der Waals surface area contributed by atoms with Crippen LogP contribution in [0.2, 0.25) is 5.02 Å². The molecule has 9 heteroatoms. The van der Waals surface area contributed by atoms with E-state index in [0.29, 0.717) is 35.5 Å². The van der Waals surface area contributed by atoms with Crippen LogP contribution in [-0.4, -0.2) is 36.8 Å². The van der Waals surface area contributed by atoms with E-state index in [-0.39, 0.29) is 12.5 Å². The van der Waals surface area contributed by atoms with Crippen molar-refractivity contribution in [1.29, 1.82) is 0 Å². The highest BCUT2D eigenvalue weighted by atomic mass is 35.5. The number of benzene rings is 2. The van der Waals surface area contributed by atoms with Crippen molar-refractivity contribution in [3.8, 4) is 11.3 Å². The third kappa shape index (κ3) is 5.70. The van der Waals surface area contributed by atoms with Gasteiger partial charge < -0.3 is 9.32 Å². The van der Waals surface area contributed by atoms with Crippen LogP contribution >= 0.6 is 23.4 Å². The summed E-state index contributed by atoms with van der Waals surface area (Å²) in [6, 6.07) is 19.7. The molecule has 0 saturated heterocycles. The molecule has 0 aliphatic carbocycles. The van der Waals surface area contributed by atoms with E-state index in [1.165, 1.54) is 0 Å². The van der Waals surface area contributed by atoms with Gasteiger partial charge in [0.25, 0.3) is 0 Å². The van der Waals surface area contributed by atoms with Gasteiger partial charge in [0.2, 0.25) is 5.91 Å². The van der Waals surface area contributed by atoms with Gasteiger partial charge in [0.15, 0.2) is 0 Å². The van der Waals surface area contributed by atoms with Gasteiger partial charge in [0.05, 0.1) is 24.0 Å². The molecule has 188 valence electrons. The molecular weight excluding hydrogens is 506 g/mol. The molecule has 0 unspecified atom stereocenters. The molecule has 37 heavy (non-hydrogen) atoms. The molecule has 2 aromatic carbocycles. The lowest BCUT2D eigenvalue weighted by Crippen LogP contribution is -2.33. The van der Waals surface area contributed by atoms with Crippen LogP contribution in [-0.2, 0) is 24.4 Å². The molecule has 0 N–H and O–H groups in total. The van der Waals surface area contributed by atoms with Gasteiger partial charge in [-0.05, 0) is 68.1 Å². The lowest BCUT2D eigenvalue weighted by molar-refractivity contribution is -0.133. The van der Waals surface area contributed by atoms with Crippen LogP contribution in [0.5, 0.6) is 0 Å². The Balaban J connectivity index is 1.56. The van der Waals surface area contributed by atoms with E-state index in [0.717, 1.165) is 32.6 Å². The van der Waals surface area contributed by atoms with Crippen LogP contribution in [0.3, 0.4) is 0 Å². The van der Waals surface area contributed by atoms with Gasteiger partial charge in [-0.15, -0.1) is 11.8 Å². The molecular formula is C28H26ClN5O2S. The van der Waals surface area contributed by atoms with Gasteiger partial charge >= 0.3 is 0 Å². The Morgan fingerprint density at radius 3 is 2.54 bits per heavy atom. The Hall–Kier alpha value is -3.62. The number of thioether (sulfide) groups is 1. The summed E-state index contributed by atoms with van der Waals surface area (Å²) in [5.41, 5.74) is 3.58. The number of furan rings is 1. The molecule has 5 aromatic rings. The normalized spacial score (nSPS) is 11.2. The molecule has 3 aromatic heterocycles. The monoisotopic (exact) mass is 531 g/mol. The fourth-order valence-corrected chi connectivity index (χ4v) is 4.82. The van der Waals surface area contributed by atoms with Crippen LogP contribution in [0.15, 0.2) is 76.2 Å². The minimum absolute atomic E-state index is 0.0851. The number of aryl methyl sites for hydroxylation is 2. The Bertz CT molecular complexity index is 1550. The summed E-state index contributed by atoms with van der Waals surface area (Å²) in [5.74, 6) is 1.94. The number of fused-ring (bicyclic) bond motifs is 1. The van der Waals surface area contributed by atoms with Crippen LogP contribution in [0.1, 0.15) is 23.0 Å². The van der Waals surface area contributed by atoms with E-state index < -0.39 is 0 Å². The van der Waals surface area contributed by atoms with Crippen molar-refractivity contribution in [2.24, 2.45) is 0 Å². The Morgan fingerprint density at radius 2 is 1.86 bits per heavy atom. The standard InChI is InChI=1S/C28H26ClN5O2S/c1-18-30-19(2)34(32-18)17-27(35)33(16-24-5-4-12-36-24)15-22-13-21-8-11-25(37-3)14-26(21)31-28(22)20-6-9-23(29)10-7-20/h4-14H,15-17H2,1-3H3. The highest BCUT2D eigenvalue weighted by Gasteiger charge is 2.21. The lowest BCUT2D eigenvalue weighted by atomic mass is 10.0. The number of nitrogens with zero attached hydrogens (tertiary/aromatic N) is 5. The third-order valence-electron chi connectivity index (χ3n) is 6.11. The Kier molecular flexibility index (Phi) is 7.30. The molecule has 3 heterocycles. The van der Waals surface area contributed by atoms with E-state index in [1.54, 1.807) is 27.6 Å². The molecule has 0 aliphatic rings. The van der Waals surface area contributed by atoms with Crippen molar-refractivity contribution in [2.45, 2.75) is 38.4 Å². The first-order chi connectivity index (χ1) is 17.9. The molecule has 0 radical (unpaired) electrons. The van der Waals surface area contributed by atoms with E-state index in [2.05, 4.69) is 34.3 Å². The Morgan fingerprint density at radius 1 is 1.05 bits per heavy atom. The van der Waals surface area contributed by atoms with Gasteiger partial charge in [-0.2, -0.15) is 5.10 Å². The maximum Gasteiger partial charge on any atom is 0.245 e. The van der Waals surface area contributed by atoms with Crippen LogP contribution in [0, 0.1) is 13.8 Å². The third-order valence-corrected chi connectivity index (χ3v) is 7.09. The highest BCUT2D eigenvalue weighted by molar-refractivity contribution is 7.98. The molecule has 7 nitrogen and oxygen atoms in total. The second-order valence-corrected chi connectivity index (χ2v) is 10.1. The lowest BCUT2D eigenvalue weighted by Gasteiger charge is -2.24.